The van der Waals surface area contributed by atoms with Crippen LogP contribution in [0.4, 0.5) is 5.69 Å². The lowest BCUT2D eigenvalue weighted by atomic mass is 10.1. The molecule has 1 heterocycles. The van der Waals surface area contributed by atoms with Crippen LogP contribution in [0.2, 0.25) is 0 Å². The number of hydrogen-bond acceptors (Lipinski definition) is 2. The van der Waals surface area contributed by atoms with Gasteiger partial charge in [-0.25, -0.2) is 0 Å². The molecule has 18 heavy (non-hydrogen) atoms. The highest BCUT2D eigenvalue weighted by atomic mass is 15.1. The van der Waals surface area contributed by atoms with Crippen LogP contribution in [0.15, 0.2) is 24.3 Å². The molecular weight excluding hydrogens is 220 g/mol. The molecular formula is C16H26N2. The number of anilines is 1. The van der Waals surface area contributed by atoms with Crippen molar-refractivity contribution < 1.29 is 0 Å². The molecule has 0 bridgehead atoms. The minimum atomic E-state index is 0.778. The lowest BCUT2D eigenvalue weighted by Gasteiger charge is -2.25. The van der Waals surface area contributed by atoms with E-state index in [9.17, 15) is 0 Å². The number of para-hydroxylation sites is 1. The first-order valence-corrected chi connectivity index (χ1v) is 7.35. The predicted molar refractivity (Wildman–Crippen MR) is 79.3 cm³/mol. The highest BCUT2D eigenvalue weighted by molar-refractivity contribution is 5.52. The van der Waals surface area contributed by atoms with E-state index in [4.69, 9.17) is 0 Å². The molecule has 1 unspecified atom stereocenters. The first-order chi connectivity index (χ1) is 8.81. The van der Waals surface area contributed by atoms with Crippen molar-refractivity contribution in [2.24, 2.45) is 0 Å². The van der Waals surface area contributed by atoms with Gasteiger partial charge in [-0.05, 0) is 57.7 Å². The van der Waals surface area contributed by atoms with E-state index in [1.165, 1.54) is 50.0 Å². The second-order valence-electron chi connectivity index (χ2n) is 5.30. The third kappa shape index (κ3) is 3.49. The van der Waals surface area contributed by atoms with Crippen LogP contribution in [0.5, 0.6) is 0 Å². The van der Waals surface area contributed by atoms with Gasteiger partial charge in [0.15, 0.2) is 0 Å². The molecule has 1 saturated heterocycles. The predicted octanol–water partition coefficient (Wildman–Crippen LogP) is 3.35. The van der Waals surface area contributed by atoms with Crippen LogP contribution in [0.3, 0.4) is 0 Å². The van der Waals surface area contributed by atoms with E-state index >= 15 is 0 Å². The standard InChI is InChI=1S/C16H26N2/c1-3-18(16-11-5-4-8-14(16)2)13-7-10-15-9-6-12-17-15/h4-5,8,11,15,17H,3,6-7,9-10,12-13H2,1-2H3. The second-order valence-corrected chi connectivity index (χ2v) is 5.30. The Labute approximate surface area is 111 Å². The van der Waals surface area contributed by atoms with Crippen molar-refractivity contribution in [3.05, 3.63) is 29.8 Å². The number of nitrogens with zero attached hydrogens (tertiary/aromatic N) is 1. The summed E-state index contributed by atoms with van der Waals surface area (Å²) >= 11 is 0. The normalized spacial score (nSPS) is 19.1. The zero-order valence-corrected chi connectivity index (χ0v) is 11.8. The Morgan fingerprint density at radius 2 is 2.17 bits per heavy atom. The molecule has 0 spiro atoms. The smallest absolute Gasteiger partial charge is 0.0395 e. The molecule has 0 aliphatic carbocycles. The fourth-order valence-corrected chi connectivity index (χ4v) is 2.90. The van der Waals surface area contributed by atoms with Gasteiger partial charge < -0.3 is 10.2 Å². The maximum atomic E-state index is 3.58. The van der Waals surface area contributed by atoms with Crippen LogP contribution in [-0.4, -0.2) is 25.7 Å². The van der Waals surface area contributed by atoms with Crippen molar-refractivity contribution in [2.45, 2.75) is 45.6 Å². The summed E-state index contributed by atoms with van der Waals surface area (Å²) in [6.45, 7) is 7.96. The molecule has 1 N–H and O–H groups in total. The van der Waals surface area contributed by atoms with Crippen molar-refractivity contribution in [2.75, 3.05) is 24.5 Å². The Kier molecular flexibility index (Phi) is 5.06. The van der Waals surface area contributed by atoms with E-state index in [2.05, 4.69) is 48.3 Å². The van der Waals surface area contributed by atoms with Gasteiger partial charge in [0.1, 0.15) is 0 Å². The maximum Gasteiger partial charge on any atom is 0.0395 e. The SMILES string of the molecule is CCN(CCCC1CCCN1)c1ccccc1C. The number of rotatable bonds is 6. The Bertz CT molecular complexity index is 356. The molecule has 2 nitrogen and oxygen atoms in total. The fraction of sp³-hybridized carbons (Fsp3) is 0.625. The summed E-state index contributed by atoms with van der Waals surface area (Å²) in [5.74, 6) is 0. The van der Waals surface area contributed by atoms with Crippen LogP contribution in [0, 0.1) is 6.92 Å². The molecule has 0 aromatic heterocycles. The van der Waals surface area contributed by atoms with E-state index < -0.39 is 0 Å². The van der Waals surface area contributed by atoms with Gasteiger partial charge in [-0.3, -0.25) is 0 Å². The summed E-state index contributed by atoms with van der Waals surface area (Å²) in [6.07, 6.45) is 5.35. The molecule has 0 radical (unpaired) electrons. The number of benzene rings is 1. The van der Waals surface area contributed by atoms with Crippen molar-refractivity contribution in [1.82, 2.24) is 5.32 Å². The number of aryl methyl sites for hydroxylation is 1. The average Bonchev–Trinajstić information content (AvgIpc) is 2.89. The molecule has 1 fully saturated rings. The summed E-state index contributed by atoms with van der Waals surface area (Å²) in [6, 6.07) is 9.49. The van der Waals surface area contributed by atoms with Crippen molar-refractivity contribution in [3.63, 3.8) is 0 Å². The highest BCUT2D eigenvalue weighted by Gasteiger charge is 2.14. The molecule has 1 aliphatic rings. The minimum absolute atomic E-state index is 0.778. The quantitative estimate of drug-likeness (QED) is 0.828. The summed E-state index contributed by atoms with van der Waals surface area (Å²) < 4.78 is 0. The number of nitrogens with one attached hydrogen (secondary N) is 1. The molecule has 0 amide bonds. The van der Waals surface area contributed by atoms with Gasteiger partial charge in [0.05, 0.1) is 0 Å². The molecule has 1 aliphatic heterocycles. The first kappa shape index (κ1) is 13.4. The third-order valence-electron chi connectivity index (χ3n) is 3.98. The Hall–Kier alpha value is -1.02. The van der Waals surface area contributed by atoms with Crippen molar-refractivity contribution in [1.29, 1.82) is 0 Å². The molecule has 2 heteroatoms. The van der Waals surface area contributed by atoms with Gasteiger partial charge in [-0.15, -0.1) is 0 Å². The van der Waals surface area contributed by atoms with Crippen LogP contribution in [0.25, 0.3) is 0 Å². The zero-order chi connectivity index (χ0) is 12.8. The van der Waals surface area contributed by atoms with Crippen LogP contribution >= 0.6 is 0 Å². The molecule has 1 aromatic carbocycles. The fourth-order valence-electron chi connectivity index (χ4n) is 2.90. The Morgan fingerprint density at radius 1 is 1.33 bits per heavy atom. The van der Waals surface area contributed by atoms with E-state index in [0.29, 0.717) is 0 Å². The monoisotopic (exact) mass is 246 g/mol. The molecule has 1 aromatic rings. The lowest BCUT2D eigenvalue weighted by Crippen LogP contribution is -2.27. The van der Waals surface area contributed by atoms with Crippen molar-refractivity contribution >= 4 is 5.69 Å². The summed E-state index contributed by atoms with van der Waals surface area (Å²) in [5, 5.41) is 3.58. The lowest BCUT2D eigenvalue weighted by molar-refractivity contribution is 0.533. The van der Waals surface area contributed by atoms with E-state index in [0.717, 1.165) is 12.6 Å². The average molecular weight is 246 g/mol. The summed E-state index contributed by atoms with van der Waals surface area (Å²) in [4.78, 5) is 2.50. The van der Waals surface area contributed by atoms with Gasteiger partial charge >= 0.3 is 0 Å². The maximum absolute atomic E-state index is 3.58. The minimum Gasteiger partial charge on any atom is -0.372 e. The zero-order valence-electron chi connectivity index (χ0n) is 11.8. The molecule has 1 atom stereocenters. The van der Waals surface area contributed by atoms with Gasteiger partial charge in [0.2, 0.25) is 0 Å². The van der Waals surface area contributed by atoms with Gasteiger partial charge in [0.25, 0.3) is 0 Å². The first-order valence-electron chi connectivity index (χ1n) is 7.35. The highest BCUT2D eigenvalue weighted by Crippen LogP contribution is 2.20. The van der Waals surface area contributed by atoms with Crippen molar-refractivity contribution in [3.8, 4) is 0 Å². The van der Waals surface area contributed by atoms with E-state index in [1.54, 1.807) is 0 Å². The van der Waals surface area contributed by atoms with Crippen LogP contribution < -0.4 is 10.2 Å². The topological polar surface area (TPSA) is 15.3 Å². The summed E-state index contributed by atoms with van der Waals surface area (Å²) in [7, 11) is 0. The van der Waals surface area contributed by atoms with Gasteiger partial charge in [0, 0.05) is 24.8 Å². The largest absolute Gasteiger partial charge is 0.372 e. The van der Waals surface area contributed by atoms with E-state index in [-0.39, 0.29) is 0 Å². The molecule has 100 valence electrons. The van der Waals surface area contributed by atoms with E-state index in [1.807, 2.05) is 0 Å². The number of hydrogen-bond donors (Lipinski definition) is 1. The Balaban J connectivity index is 1.83. The third-order valence-corrected chi connectivity index (χ3v) is 3.98. The second kappa shape index (κ2) is 6.79. The van der Waals surface area contributed by atoms with Gasteiger partial charge in [-0.2, -0.15) is 0 Å². The summed E-state index contributed by atoms with van der Waals surface area (Å²) in [5.41, 5.74) is 2.79. The van der Waals surface area contributed by atoms with Gasteiger partial charge in [-0.1, -0.05) is 18.2 Å². The van der Waals surface area contributed by atoms with Crippen LogP contribution in [0.1, 0.15) is 38.2 Å². The molecule has 2 rings (SSSR count). The molecule has 0 saturated carbocycles. The Morgan fingerprint density at radius 3 is 2.83 bits per heavy atom. The van der Waals surface area contributed by atoms with Crippen LogP contribution in [-0.2, 0) is 0 Å².